The maximum atomic E-state index is 5.92. The first-order valence-electron chi connectivity index (χ1n) is 11.9. The Labute approximate surface area is 201 Å². The van der Waals surface area contributed by atoms with Crippen LogP contribution >= 0.6 is 0 Å². The number of rotatable bonds is 7. The molecule has 0 saturated carbocycles. The average Bonchev–Trinajstić information content (AvgIpc) is 3.19. The number of ether oxygens (including phenoxy) is 1. The molecule has 0 bridgehead atoms. The molecule has 3 heterocycles. The van der Waals surface area contributed by atoms with Gasteiger partial charge in [0.15, 0.2) is 5.82 Å². The van der Waals surface area contributed by atoms with E-state index in [1.807, 2.05) is 47.3 Å². The van der Waals surface area contributed by atoms with Gasteiger partial charge in [-0.3, -0.25) is 4.90 Å². The van der Waals surface area contributed by atoms with Crippen molar-refractivity contribution in [1.82, 2.24) is 19.7 Å². The van der Waals surface area contributed by atoms with Crippen LogP contribution < -0.4 is 9.64 Å². The first-order valence-corrected chi connectivity index (χ1v) is 11.9. The van der Waals surface area contributed by atoms with Crippen LogP contribution in [0.1, 0.15) is 22.5 Å². The number of hydrogen-bond acceptors (Lipinski definition) is 5. The topological polar surface area (TPSA) is 46.4 Å². The summed E-state index contributed by atoms with van der Waals surface area (Å²) in [6.07, 6.45) is 1.81. The summed E-state index contributed by atoms with van der Waals surface area (Å²) in [7, 11) is 0. The minimum Gasteiger partial charge on any atom is -0.489 e. The Hall–Kier alpha value is -3.64. The molecule has 1 saturated heterocycles. The van der Waals surface area contributed by atoms with Gasteiger partial charge in [0.2, 0.25) is 0 Å². The van der Waals surface area contributed by atoms with Crippen molar-refractivity contribution in [2.75, 3.05) is 31.1 Å². The predicted molar refractivity (Wildman–Crippen MR) is 136 cm³/mol. The van der Waals surface area contributed by atoms with Crippen LogP contribution in [0.2, 0.25) is 0 Å². The largest absolute Gasteiger partial charge is 0.489 e. The molecule has 6 heteroatoms. The molecular weight excluding hydrogens is 422 g/mol. The monoisotopic (exact) mass is 453 g/mol. The summed E-state index contributed by atoms with van der Waals surface area (Å²) in [5.41, 5.74) is 5.94. The van der Waals surface area contributed by atoms with Crippen LogP contribution in [-0.2, 0) is 13.2 Å². The van der Waals surface area contributed by atoms with Gasteiger partial charge >= 0.3 is 0 Å². The molecule has 0 radical (unpaired) electrons. The zero-order chi connectivity index (χ0) is 23.3. The van der Waals surface area contributed by atoms with E-state index in [4.69, 9.17) is 9.84 Å². The summed E-state index contributed by atoms with van der Waals surface area (Å²) in [6, 6.07) is 24.7. The van der Waals surface area contributed by atoms with E-state index in [2.05, 4.69) is 65.0 Å². The lowest BCUT2D eigenvalue weighted by molar-refractivity contribution is 0.249. The fourth-order valence-electron chi connectivity index (χ4n) is 4.61. The number of benzene rings is 2. The average molecular weight is 454 g/mol. The Balaban J connectivity index is 1.16. The van der Waals surface area contributed by atoms with Crippen LogP contribution in [0.3, 0.4) is 0 Å². The zero-order valence-electron chi connectivity index (χ0n) is 19.9. The normalized spacial score (nSPS) is 14.4. The minimum absolute atomic E-state index is 0.595. The van der Waals surface area contributed by atoms with E-state index in [0.29, 0.717) is 6.61 Å². The smallest absolute Gasteiger partial charge is 0.153 e. The van der Waals surface area contributed by atoms with E-state index in [9.17, 15) is 0 Å². The Morgan fingerprint density at radius 3 is 2.24 bits per heavy atom. The van der Waals surface area contributed by atoms with Gasteiger partial charge in [0, 0.05) is 38.9 Å². The molecule has 0 atom stereocenters. The van der Waals surface area contributed by atoms with Gasteiger partial charge in [-0.1, -0.05) is 48.5 Å². The number of hydrogen-bond donors (Lipinski definition) is 0. The van der Waals surface area contributed by atoms with Crippen molar-refractivity contribution in [2.24, 2.45) is 0 Å². The highest BCUT2D eigenvalue weighted by Crippen LogP contribution is 2.27. The molecule has 0 spiro atoms. The van der Waals surface area contributed by atoms with Gasteiger partial charge in [0.05, 0.1) is 17.1 Å². The number of pyridine rings is 1. The van der Waals surface area contributed by atoms with Crippen LogP contribution in [0, 0.1) is 13.8 Å². The number of aromatic nitrogens is 3. The Bertz CT molecular complexity index is 1200. The van der Waals surface area contributed by atoms with Crippen molar-refractivity contribution in [3.63, 3.8) is 0 Å². The second-order valence-electron chi connectivity index (χ2n) is 8.80. The molecule has 6 nitrogen and oxygen atoms in total. The number of piperazine rings is 1. The highest BCUT2D eigenvalue weighted by molar-refractivity contribution is 5.56. The van der Waals surface area contributed by atoms with E-state index in [1.165, 1.54) is 16.8 Å². The van der Waals surface area contributed by atoms with E-state index >= 15 is 0 Å². The van der Waals surface area contributed by atoms with Gasteiger partial charge in [0.25, 0.3) is 0 Å². The summed E-state index contributed by atoms with van der Waals surface area (Å²) in [5, 5.41) is 4.77. The van der Waals surface area contributed by atoms with Gasteiger partial charge in [-0.25, -0.2) is 9.67 Å². The SMILES string of the molecule is Cc1nn(-c2ccccn2)c(C)c1N1CCN(Cc2ccc(OCc3ccccc3)cc2)CC1. The van der Waals surface area contributed by atoms with Crippen LogP contribution in [0.5, 0.6) is 5.75 Å². The van der Waals surface area contributed by atoms with Crippen LogP contribution in [0.25, 0.3) is 5.82 Å². The molecule has 1 aliphatic rings. The fraction of sp³-hybridized carbons (Fsp3) is 0.286. The summed E-state index contributed by atoms with van der Waals surface area (Å²) >= 11 is 0. The van der Waals surface area contributed by atoms with Gasteiger partial charge in [-0.15, -0.1) is 0 Å². The van der Waals surface area contributed by atoms with Gasteiger partial charge < -0.3 is 9.64 Å². The van der Waals surface area contributed by atoms with Crippen molar-refractivity contribution in [2.45, 2.75) is 27.0 Å². The highest BCUT2D eigenvalue weighted by Gasteiger charge is 2.23. The number of nitrogens with zero attached hydrogens (tertiary/aromatic N) is 5. The lowest BCUT2D eigenvalue weighted by atomic mass is 10.1. The quantitative estimate of drug-likeness (QED) is 0.403. The predicted octanol–water partition coefficient (Wildman–Crippen LogP) is 4.79. The van der Waals surface area contributed by atoms with Crippen molar-refractivity contribution in [3.05, 3.63) is 102 Å². The van der Waals surface area contributed by atoms with Crippen molar-refractivity contribution < 1.29 is 4.74 Å². The molecule has 174 valence electrons. The molecule has 5 rings (SSSR count). The van der Waals surface area contributed by atoms with Crippen molar-refractivity contribution >= 4 is 5.69 Å². The molecule has 0 amide bonds. The Morgan fingerprint density at radius 1 is 0.794 bits per heavy atom. The van der Waals surface area contributed by atoms with E-state index < -0.39 is 0 Å². The maximum Gasteiger partial charge on any atom is 0.153 e. The molecule has 0 unspecified atom stereocenters. The van der Waals surface area contributed by atoms with Gasteiger partial charge in [0.1, 0.15) is 12.4 Å². The third-order valence-electron chi connectivity index (χ3n) is 6.39. The Morgan fingerprint density at radius 2 is 1.53 bits per heavy atom. The molecule has 34 heavy (non-hydrogen) atoms. The maximum absolute atomic E-state index is 5.92. The van der Waals surface area contributed by atoms with Crippen molar-refractivity contribution in [1.29, 1.82) is 0 Å². The molecule has 0 N–H and O–H groups in total. The molecule has 2 aromatic heterocycles. The summed E-state index contributed by atoms with van der Waals surface area (Å²) < 4.78 is 7.88. The number of anilines is 1. The van der Waals surface area contributed by atoms with E-state index in [0.717, 1.165) is 55.7 Å². The molecule has 1 aliphatic heterocycles. The molecule has 1 fully saturated rings. The van der Waals surface area contributed by atoms with E-state index in [1.54, 1.807) is 0 Å². The van der Waals surface area contributed by atoms with E-state index in [-0.39, 0.29) is 0 Å². The summed E-state index contributed by atoms with van der Waals surface area (Å²) in [5.74, 6) is 1.78. The second-order valence-corrected chi connectivity index (χ2v) is 8.80. The van der Waals surface area contributed by atoms with Crippen LogP contribution in [0.4, 0.5) is 5.69 Å². The highest BCUT2D eigenvalue weighted by atomic mass is 16.5. The first kappa shape index (κ1) is 22.2. The zero-order valence-corrected chi connectivity index (χ0v) is 19.9. The third kappa shape index (κ3) is 4.97. The number of aryl methyl sites for hydroxylation is 1. The van der Waals surface area contributed by atoms with Crippen LogP contribution in [0.15, 0.2) is 79.0 Å². The lowest BCUT2D eigenvalue weighted by Crippen LogP contribution is -2.46. The molecule has 4 aromatic rings. The summed E-state index contributed by atoms with van der Waals surface area (Å²) in [4.78, 5) is 9.45. The summed E-state index contributed by atoms with van der Waals surface area (Å²) in [6.45, 7) is 9.82. The van der Waals surface area contributed by atoms with Gasteiger partial charge in [-0.05, 0) is 49.2 Å². The third-order valence-corrected chi connectivity index (χ3v) is 6.39. The standard InChI is InChI=1S/C28H31N5O/c1-22-28(23(2)33(30-22)27-10-6-7-15-29-27)32-18-16-31(17-19-32)20-24-11-13-26(14-12-24)34-21-25-8-4-3-5-9-25/h3-15H,16-21H2,1-2H3. The van der Waals surface area contributed by atoms with Crippen molar-refractivity contribution in [3.8, 4) is 11.6 Å². The molecule has 0 aliphatic carbocycles. The first-order chi connectivity index (χ1) is 16.7. The Kier molecular flexibility index (Phi) is 6.58. The molecular formula is C28H31N5O. The second kappa shape index (κ2) is 10.1. The minimum atomic E-state index is 0.595. The van der Waals surface area contributed by atoms with Crippen LogP contribution in [-0.4, -0.2) is 45.8 Å². The lowest BCUT2D eigenvalue weighted by Gasteiger charge is -2.36. The fourth-order valence-corrected chi connectivity index (χ4v) is 4.61. The molecule has 2 aromatic carbocycles. The van der Waals surface area contributed by atoms with Gasteiger partial charge in [-0.2, -0.15) is 5.10 Å².